The van der Waals surface area contributed by atoms with Gasteiger partial charge in [0.15, 0.2) is 11.4 Å². The summed E-state index contributed by atoms with van der Waals surface area (Å²) in [6, 6.07) is 12.0. The minimum absolute atomic E-state index is 0.0349. The Kier molecular flexibility index (Phi) is 4.89. The van der Waals surface area contributed by atoms with E-state index in [-0.39, 0.29) is 24.8 Å². The molecule has 2 aromatic carbocycles. The minimum atomic E-state index is -0.552. The quantitative estimate of drug-likeness (QED) is 0.514. The van der Waals surface area contributed by atoms with Gasteiger partial charge >= 0.3 is 5.76 Å². The SMILES string of the molecule is O=C(CCn1c(=O)oc2cc(Cl)ccc21)Nc1n[nH]c(-c2ccccc2Cl)n1. The molecule has 2 heterocycles. The molecule has 0 spiro atoms. The third-order valence-electron chi connectivity index (χ3n) is 4.06. The van der Waals surface area contributed by atoms with Crippen molar-refractivity contribution in [2.75, 3.05) is 5.32 Å². The van der Waals surface area contributed by atoms with Crippen molar-refractivity contribution in [3.05, 3.63) is 63.1 Å². The van der Waals surface area contributed by atoms with Gasteiger partial charge in [-0.3, -0.25) is 19.8 Å². The number of nitrogens with one attached hydrogen (secondary N) is 2. The zero-order valence-electron chi connectivity index (χ0n) is 14.3. The highest BCUT2D eigenvalue weighted by atomic mass is 35.5. The van der Waals surface area contributed by atoms with Crippen LogP contribution in [0.5, 0.6) is 0 Å². The molecular weight excluding hydrogens is 405 g/mol. The predicted molar refractivity (Wildman–Crippen MR) is 106 cm³/mol. The lowest BCUT2D eigenvalue weighted by Gasteiger charge is -2.02. The number of rotatable bonds is 5. The van der Waals surface area contributed by atoms with Gasteiger partial charge in [-0.25, -0.2) is 4.79 Å². The second-order valence-electron chi connectivity index (χ2n) is 5.92. The highest BCUT2D eigenvalue weighted by Crippen LogP contribution is 2.25. The minimum Gasteiger partial charge on any atom is -0.408 e. The van der Waals surface area contributed by atoms with Crippen LogP contribution in [0.4, 0.5) is 5.95 Å². The number of oxazole rings is 1. The number of amides is 1. The molecule has 4 aromatic rings. The Labute approximate surface area is 168 Å². The van der Waals surface area contributed by atoms with E-state index in [1.165, 1.54) is 4.57 Å². The highest BCUT2D eigenvalue weighted by molar-refractivity contribution is 6.33. The van der Waals surface area contributed by atoms with Gasteiger partial charge in [0.1, 0.15) is 0 Å². The molecule has 4 rings (SSSR count). The van der Waals surface area contributed by atoms with E-state index in [9.17, 15) is 9.59 Å². The summed E-state index contributed by atoms with van der Waals surface area (Å²) in [4.78, 5) is 28.4. The van der Waals surface area contributed by atoms with Crippen molar-refractivity contribution in [1.29, 1.82) is 0 Å². The molecule has 0 aliphatic carbocycles. The van der Waals surface area contributed by atoms with Crippen molar-refractivity contribution >= 4 is 46.2 Å². The first kappa shape index (κ1) is 18.3. The number of fused-ring (bicyclic) bond motifs is 1. The number of H-pyrrole nitrogens is 1. The average Bonchev–Trinajstić information content (AvgIpc) is 3.23. The molecule has 0 aliphatic heterocycles. The summed E-state index contributed by atoms with van der Waals surface area (Å²) < 4.78 is 6.52. The molecule has 2 aromatic heterocycles. The van der Waals surface area contributed by atoms with Gasteiger partial charge in [0.2, 0.25) is 11.9 Å². The van der Waals surface area contributed by atoms with Crippen molar-refractivity contribution in [2.45, 2.75) is 13.0 Å². The number of aromatic nitrogens is 4. The van der Waals surface area contributed by atoms with Crippen LogP contribution in [0.15, 0.2) is 51.7 Å². The normalized spacial score (nSPS) is 11.1. The molecule has 28 heavy (non-hydrogen) atoms. The van der Waals surface area contributed by atoms with Crippen molar-refractivity contribution in [3.8, 4) is 11.4 Å². The fourth-order valence-corrected chi connectivity index (χ4v) is 3.13. The number of halogens is 2. The Bertz CT molecular complexity index is 1230. The number of hydrogen-bond acceptors (Lipinski definition) is 5. The topological polar surface area (TPSA) is 106 Å². The summed E-state index contributed by atoms with van der Waals surface area (Å²) in [7, 11) is 0. The molecular formula is C18H13Cl2N5O3. The van der Waals surface area contributed by atoms with Gasteiger partial charge in [0.05, 0.1) is 10.5 Å². The number of nitrogens with zero attached hydrogens (tertiary/aromatic N) is 3. The first-order chi connectivity index (χ1) is 13.5. The number of anilines is 1. The van der Waals surface area contributed by atoms with Crippen LogP contribution in [-0.4, -0.2) is 25.7 Å². The number of hydrogen-bond donors (Lipinski definition) is 2. The lowest BCUT2D eigenvalue weighted by Crippen LogP contribution is -2.20. The van der Waals surface area contributed by atoms with Crippen LogP contribution in [0, 0.1) is 0 Å². The number of carbonyl (C=O) groups is 1. The van der Waals surface area contributed by atoms with Crippen molar-refractivity contribution in [2.24, 2.45) is 0 Å². The molecule has 10 heteroatoms. The second-order valence-corrected chi connectivity index (χ2v) is 6.76. The largest absolute Gasteiger partial charge is 0.419 e. The number of carbonyl (C=O) groups excluding carboxylic acids is 1. The van der Waals surface area contributed by atoms with Crippen LogP contribution in [-0.2, 0) is 11.3 Å². The van der Waals surface area contributed by atoms with E-state index in [2.05, 4.69) is 20.5 Å². The Morgan fingerprint density at radius 3 is 2.86 bits per heavy atom. The van der Waals surface area contributed by atoms with Crippen LogP contribution in [0.25, 0.3) is 22.5 Å². The van der Waals surface area contributed by atoms with Gasteiger partial charge in [-0.05, 0) is 24.3 Å². The van der Waals surface area contributed by atoms with Crippen LogP contribution < -0.4 is 11.1 Å². The second kappa shape index (κ2) is 7.49. The fraction of sp³-hybridized carbons (Fsp3) is 0.111. The summed E-state index contributed by atoms with van der Waals surface area (Å²) in [5, 5.41) is 10.3. The smallest absolute Gasteiger partial charge is 0.408 e. The van der Waals surface area contributed by atoms with Crippen LogP contribution >= 0.6 is 23.2 Å². The highest BCUT2D eigenvalue weighted by Gasteiger charge is 2.14. The number of aromatic amines is 1. The van der Waals surface area contributed by atoms with Crippen molar-refractivity contribution in [1.82, 2.24) is 19.7 Å². The maximum atomic E-state index is 12.2. The maximum absolute atomic E-state index is 12.2. The third-order valence-corrected chi connectivity index (χ3v) is 4.62. The summed E-state index contributed by atoms with van der Waals surface area (Å²) in [5.41, 5.74) is 1.62. The van der Waals surface area contributed by atoms with Gasteiger partial charge in [-0.1, -0.05) is 35.3 Å². The van der Waals surface area contributed by atoms with E-state index in [1.807, 2.05) is 6.07 Å². The molecule has 0 fully saturated rings. The molecule has 142 valence electrons. The molecule has 1 amide bonds. The summed E-state index contributed by atoms with van der Waals surface area (Å²) in [5.74, 6) is -0.338. The molecule has 8 nitrogen and oxygen atoms in total. The molecule has 0 atom stereocenters. The Hall–Kier alpha value is -3.10. The predicted octanol–water partition coefficient (Wildman–Crippen LogP) is 3.72. The third kappa shape index (κ3) is 3.64. The molecule has 0 radical (unpaired) electrons. The van der Waals surface area contributed by atoms with E-state index < -0.39 is 5.76 Å². The molecule has 0 saturated carbocycles. The summed E-state index contributed by atoms with van der Waals surface area (Å²) >= 11 is 12.0. The Morgan fingerprint density at radius 1 is 1.21 bits per heavy atom. The fourth-order valence-electron chi connectivity index (χ4n) is 2.74. The lowest BCUT2D eigenvalue weighted by molar-refractivity contribution is -0.116. The standard InChI is InChI=1S/C18H13Cl2N5O3/c19-10-5-6-13-14(9-10)28-18(27)25(13)8-7-15(26)21-17-22-16(23-24-17)11-3-1-2-4-12(11)20/h1-6,9H,7-8H2,(H2,21,22,23,24,26). The lowest BCUT2D eigenvalue weighted by atomic mass is 10.2. The summed E-state index contributed by atoms with van der Waals surface area (Å²) in [6.45, 7) is 0.140. The molecule has 2 N–H and O–H groups in total. The number of benzene rings is 2. The van der Waals surface area contributed by atoms with Gasteiger partial charge < -0.3 is 4.42 Å². The maximum Gasteiger partial charge on any atom is 0.419 e. The van der Waals surface area contributed by atoms with Crippen molar-refractivity contribution in [3.63, 3.8) is 0 Å². The van der Waals surface area contributed by atoms with Gasteiger partial charge in [-0.15, -0.1) is 5.10 Å². The first-order valence-corrected chi connectivity index (χ1v) is 9.03. The number of aryl methyl sites for hydroxylation is 1. The molecule has 0 saturated heterocycles. The molecule has 0 aliphatic rings. The van der Waals surface area contributed by atoms with E-state index >= 15 is 0 Å². The van der Waals surface area contributed by atoms with Gasteiger partial charge in [0.25, 0.3) is 0 Å². The van der Waals surface area contributed by atoms with E-state index in [0.717, 1.165) is 0 Å². The zero-order valence-corrected chi connectivity index (χ0v) is 15.8. The Morgan fingerprint density at radius 2 is 2.04 bits per heavy atom. The van der Waals surface area contributed by atoms with Crippen molar-refractivity contribution < 1.29 is 9.21 Å². The molecule has 0 bridgehead atoms. The van der Waals surface area contributed by atoms with Crippen LogP contribution in [0.1, 0.15) is 6.42 Å². The van der Waals surface area contributed by atoms with E-state index in [1.54, 1.807) is 36.4 Å². The van der Waals surface area contributed by atoms with Crippen LogP contribution in [0.3, 0.4) is 0 Å². The van der Waals surface area contributed by atoms with Gasteiger partial charge in [-0.2, -0.15) is 4.98 Å². The van der Waals surface area contributed by atoms with E-state index in [0.29, 0.717) is 32.5 Å². The molecule has 0 unspecified atom stereocenters. The van der Waals surface area contributed by atoms with Crippen LogP contribution in [0.2, 0.25) is 10.0 Å². The summed E-state index contributed by atoms with van der Waals surface area (Å²) in [6.07, 6.45) is 0.0349. The van der Waals surface area contributed by atoms with E-state index in [4.69, 9.17) is 27.6 Å². The monoisotopic (exact) mass is 417 g/mol. The van der Waals surface area contributed by atoms with Gasteiger partial charge in [0, 0.05) is 29.6 Å². The average molecular weight is 418 g/mol. The Balaban J connectivity index is 1.44. The first-order valence-electron chi connectivity index (χ1n) is 8.27. The zero-order chi connectivity index (χ0) is 19.7.